The first-order valence-corrected chi connectivity index (χ1v) is 8.06. The number of nitrogens with one attached hydrogen (secondary N) is 1. The number of carbonyl (C=O) groups excluding carboxylic acids is 2. The summed E-state index contributed by atoms with van der Waals surface area (Å²) >= 11 is 0. The van der Waals surface area contributed by atoms with E-state index in [1.165, 1.54) is 5.56 Å². The molecule has 1 unspecified atom stereocenters. The number of aryl methyl sites for hydroxylation is 1. The van der Waals surface area contributed by atoms with Gasteiger partial charge >= 0.3 is 11.9 Å². The molecule has 132 valence electrons. The standard InChI is InChI=1S/C16H23N3O5/c1-10(9-19-13-6-4-3-5-11(13)8-17-19)15(22)18-12(7-14(20)21)16(23)24-2/h8,10,12H,3-7,9H2,1-2H3,(H,18,22)(H,20,21)/t10?,12-/m0/s1. The van der Waals surface area contributed by atoms with Gasteiger partial charge in [-0.1, -0.05) is 6.92 Å². The van der Waals surface area contributed by atoms with Crippen molar-refractivity contribution >= 4 is 17.8 Å². The van der Waals surface area contributed by atoms with E-state index in [0.717, 1.165) is 38.5 Å². The van der Waals surface area contributed by atoms with Gasteiger partial charge in [-0.25, -0.2) is 4.79 Å². The van der Waals surface area contributed by atoms with Crippen molar-refractivity contribution in [3.05, 3.63) is 17.5 Å². The predicted octanol–water partition coefficient (Wildman–Crippen LogP) is 0.531. The lowest BCUT2D eigenvalue weighted by atomic mass is 9.98. The number of aromatic nitrogens is 2. The van der Waals surface area contributed by atoms with Gasteiger partial charge in [0.05, 0.1) is 32.2 Å². The van der Waals surface area contributed by atoms with Crippen molar-refractivity contribution in [2.75, 3.05) is 7.11 Å². The average Bonchev–Trinajstić information content (AvgIpc) is 2.96. The summed E-state index contributed by atoms with van der Waals surface area (Å²) in [6.45, 7) is 2.11. The lowest BCUT2D eigenvalue weighted by Crippen LogP contribution is -2.45. The molecule has 2 rings (SSSR count). The Labute approximate surface area is 140 Å². The lowest BCUT2D eigenvalue weighted by Gasteiger charge is -2.19. The maximum absolute atomic E-state index is 12.3. The Balaban J connectivity index is 1.99. The van der Waals surface area contributed by atoms with Crippen LogP contribution in [0.4, 0.5) is 0 Å². The number of amides is 1. The fourth-order valence-electron chi connectivity index (χ4n) is 2.88. The van der Waals surface area contributed by atoms with Gasteiger partial charge in [0.25, 0.3) is 0 Å². The number of hydrogen-bond donors (Lipinski definition) is 2. The van der Waals surface area contributed by atoms with Crippen molar-refractivity contribution in [1.29, 1.82) is 0 Å². The summed E-state index contributed by atoms with van der Waals surface area (Å²) in [6.07, 6.45) is 5.57. The molecule has 0 saturated carbocycles. The Morgan fingerprint density at radius 3 is 2.75 bits per heavy atom. The van der Waals surface area contributed by atoms with Crippen molar-refractivity contribution in [2.24, 2.45) is 5.92 Å². The minimum atomic E-state index is -1.19. The predicted molar refractivity (Wildman–Crippen MR) is 84.2 cm³/mol. The van der Waals surface area contributed by atoms with Gasteiger partial charge in [0.2, 0.25) is 5.91 Å². The van der Waals surface area contributed by atoms with Crippen LogP contribution in [0.5, 0.6) is 0 Å². The highest BCUT2D eigenvalue weighted by Crippen LogP contribution is 2.21. The largest absolute Gasteiger partial charge is 0.481 e. The highest BCUT2D eigenvalue weighted by Gasteiger charge is 2.27. The molecule has 0 spiro atoms. The number of carboxylic acids is 1. The van der Waals surface area contributed by atoms with Crippen LogP contribution >= 0.6 is 0 Å². The fraction of sp³-hybridized carbons (Fsp3) is 0.625. The molecule has 0 radical (unpaired) electrons. The first kappa shape index (κ1) is 18.0. The van der Waals surface area contributed by atoms with Crippen molar-refractivity contribution in [1.82, 2.24) is 15.1 Å². The average molecular weight is 337 g/mol. The Kier molecular flexibility index (Phi) is 5.94. The minimum absolute atomic E-state index is 0.391. The van der Waals surface area contributed by atoms with Crippen molar-refractivity contribution in [3.63, 3.8) is 0 Å². The van der Waals surface area contributed by atoms with E-state index >= 15 is 0 Å². The third-order valence-electron chi connectivity index (χ3n) is 4.22. The minimum Gasteiger partial charge on any atom is -0.481 e. The van der Waals surface area contributed by atoms with Crippen LogP contribution in [-0.4, -0.2) is 45.9 Å². The zero-order valence-corrected chi connectivity index (χ0v) is 13.9. The van der Waals surface area contributed by atoms with Gasteiger partial charge in [-0.05, 0) is 31.2 Å². The molecular weight excluding hydrogens is 314 g/mol. The molecule has 2 atom stereocenters. The summed E-state index contributed by atoms with van der Waals surface area (Å²) in [5, 5.41) is 15.7. The third-order valence-corrected chi connectivity index (χ3v) is 4.22. The molecule has 0 saturated heterocycles. The quantitative estimate of drug-likeness (QED) is 0.702. The van der Waals surface area contributed by atoms with E-state index in [1.54, 1.807) is 6.92 Å². The maximum atomic E-state index is 12.3. The van der Waals surface area contributed by atoms with E-state index in [1.807, 2.05) is 10.9 Å². The molecule has 0 bridgehead atoms. The second-order valence-corrected chi connectivity index (χ2v) is 6.09. The first-order valence-electron chi connectivity index (χ1n) is 8.06. The van der Waals surface area contributed by atoms with Crippen LogP contribution in [0.3, 0.4) is 0 Å². The number of esters is 1. The Hall–Kier alpha value is -2.38. The summed E-state index contributed by atoms with van der Waals surface area (Å²) < 4.78 is 6.38. The highest BCUT2D eigenvalue weighted by atomic mass is 16.5. The van der Waals surface area contributed by atoms with Crippen LogP contribution in [0.1, 0.15) is 37.4 Å². The van der Waals surface area contributed by atoms with Crippen molar-refractivity contribution < 1.29 is 24.2 Å². The smallest absolute Gasteiger partial charge is 0.328 e. The molecular formula is C16H23N3O5. The SMILES string of the molecule is COC(=O)[C@H](CC(=O)O)NC(=O)C(C)Cn1ncc2c1CCCC2. The molecule has 24 heavy (non-hydrogen) atoms. The third kappa shape index (κ3) is 4.33. The van der Waals surface area contributed by atoms with Gasteiger partial charge in [-0.2, -0.15) is 5.10 Å². The first-order chi connectivity index (χ1) is 11.4. The van der Waals surface area contributed by atoms with Crippen LogP contribution in [0.25, 0.3) is 0 Å². The zero-order valence-electron chi connectivity index (χ0n) is 13.9. The van der Waals surface area contributed by atoms with E-state index in [9.17, 15) is 14.4 Å². The van der Waals surface area contributed by atoms with Crippen LogP contribution in [0, 0.1) is 5.92 Å². The molecule has 0 aliphatic heterocycles. The monoisotopic (exact) mass is 337 g/mol. The van der Waals surface area contributed by atoms with Crippen LogP contribution in [0.2, 0.25) is 0 Å². The molecule has 1 aliphatic carbocycles. The van der Waals surface area contributed by atoms with Crippen LogP contribution in [0.15, 0.2) is 6.20 Å². The molecule has 2 N–H and O–H groups in total. The topological polar surface area (TPSA) is 111 Å². The number of nitrogens with zero attached hydrogens (tertiary/aromatic N) is 2. The fourth-order valence-corrected chi connectivity index (χ4v) is 2.88. The second-order valence-electron chi connectivity index (χ2n) is 6.09. The molecule has 8 heteroatoms. The molecule has 0 fully saturated rings. The molecule has 1 aromatic heterocycles. The van der Waals surface area contributed by atoms with Gasteiger partial charge in [0.1, 0.15) is 6.04 Å². The number of methoxy groups -OCH3 is 1. The Morgan fingerprint density at radius 1 is 1.38 bits per heavy atom. The summed E-state index contributed by atoms with van der Waals surface area (Å²) in [5.74, 6) is -2.79. The van der Waals surface area contributed by atoms with E-state index in [-0.39, 0.29) is 0 Å². The van der Waals surface area contributed by atoms with Gasteiger partial charge in [0, 0.05) is 5.69 Å². The normalized spacial score (nSPS) is 15.9. The maximum Gasteiger partial charge on any atom is 0.328 e. The Bertz CT molecular complexity index is 625. The number of fused-ring (bicyclic) bond motifs is 1. The number of carboxylic acid groups (broad SMARTS) is 1. The van der Waals surface area contributed by atoms with E-state index in [0.29, 0.717) is 6.54 Å². The zero-order chi connectivity index (χ0) is 17.7. The second kappa shape index (κ2) is 7.94. The van der Waals surface area contributed by atoms with Gasteiger partial charge < -0.3 is 15.2 Å². The molecule has 8 nitrogen and oxygen atoms in total. The summed E-state index contributed by atoms with van der Waals surface area (Å²) in [5.41, 5.74) is 2.39. The van der Waals surface area contributed by atoms with Crippen LogP contribution in [-0.2, 0) is 38.5 Å². The van der Waals surface area contributed by atoms with E-state index < -0.39 is 36.2 Å². The van der Waals surface area contributed by atoms with E-state index in [4.69, 9.17) is 5.11 Å². The van der Waals surface area contributed by atoms with Crippen LogP contribution < -0.4 is 5.32 Å². The number of ether oxygens (including phenoxy) is 1. The molecule has 1 heterocycles. The number of carbonyl (C=O) groups is 3. The summed E-state index contributed by atoms with van der Waals surface area (Å²) in [6, 6.07) is -1.19. The number of aliphatic carboxylic acids is 1. The number of rotatable bonds is 7. The lowest BCUT2D eigenvalue weighted by molar-refractivity contribution is -0.149. The van der Waals surface area contributed by atoms with Gasteiger partial charge in [-0.15, -0.1) is 0 Å². The van der Waals surface area contributed by atoms with Crippen molar-refractivity contribution in [3.8, 4) is 0 Å². The van der Waals surface area contributed by atoms with E-state index in [2.05, 4.69) is 15.2 Å². The summed E-state index contributed by atoms with van der Waals surface area (Å²) in [7, 11) is 1.16. The molecule has 0 aromatic carbocycles. The summed E-state index contributed by atoms with van der Waals surface area (Å²) in [4.78, 5) is 34.7. The molecule has 1 aromatic rings. The number of hydrogen-bond acceptors (Lipinski definition) is 5. The Morgan fingerprint density at radius 2 is 2.08 bits per heavy atom. The molecule has 1 aliphatic rings. The highest BCUT2D eigenvalue weighted by molar-refractivity contribution is 5.88. The van der Waals surface area contributed by atoms with Gasteiger partial charge in [0.15, 0.2) is 0 Å². The molecule has 1 amide bonds. The van der Waals surface area contributed by atoms with Crippen molar-refractivity contribution in [2.45, 2.75) is 51.6 Å². The van der Waals surface area contributed by atoms with Gasteiger partial charge in [-0.3, -0.25) is 14.3 Å².